The maximum Gasteiger partial charge on any atom is 0.406 e. The monoisotopic (exact) mass is 210 g/mol. The second-order valence-corrected chi connectivity index (χ2v) is 3.15. The van der Waals surface area contributed by atoms with Gasteiger partial charge in [-0.25, -0.2) is 0 Å². The third-order valence-corrected chi connectivity index (χ3v) is 2.05. The van der Waals surface area contributed by atoms with Gasteiger partial charge in [0.1, 0.15) is 6.11 Å². The molecule has 0 aromatic rings. The Bertz CT molecular complexity index is 236. The van der Waals surface area contributed by atoms with Crippen molar-refractivity contribution in [2.24, 2.45) is 0 Å². The molecule has 4 heteroatoms. The molecule has 0 N–H and O–H groups in total. The Morgan fingerprint density at radius 2 is 1.43 bits per heavy atom. The van der Waals surface area contributed by atoms with Gasteiger partial charge in [0, 0.05) is 12.8 Å². The maximum atomic E-state index is 5.14. The van der Waals surface area contributed by atoms with Crippen molar-refractivity contribution >= 4 is 8.60 Å². The Morgan fingerprint density at radius 1 is 0.929 bits per heavy atom. The molecule has 74 valence electrons. The van der Waals surface area contributed by atoms with E-state index in [4.69, 9.17) is 32.8 Å². The molecule has 0 unspecified atom stereocenters. The highest BCUT2D eigenvalue weighted by Gasteiger charge is 2.11. The van der Waals surface area contributed by atoms with E-state index in [0.717, 1.165) is 0 Å². The number of hydrogen-bond acceptors (Lipinski definition) is 3. The predicted octanol–water partition coefficient (Wildman–Crippen LogP) is 1.90. The summed E-state index contributed by atoms with van der Waals surface area (Å²) in [7, 11) is -1.51. The van der Waals surface area contributed by atoms with Crippen molar-refractivity contribution in [2.45, 2.75) is 12.8 Å². The topological polar surface area (TPSA) is 27.7 Å². The lowest BCUT2D eigenvalue weighted by atomic mass is 10.5. The first kappa shape index (κ1) is 12.8. The van der Waals surface area contributed by atoms with Crippen LogP contribution >= 0.6 is 8.60 Å². The summed E-state index contributed by atoms with van der Waals surface area (Å²) in [6, 6.07) is 0. The predicted molar refractivity (Wildman–Crippen MR) is 55.6 cm³/mol. The van der Waals surface area contributed by atoms with Crippen LogP contribution in [-0.4, -0.2) is 13.2 Å². The fourth-order valence-corrected chi connectivity index (χ4v) is 1.24. The van der Waals surface area contributed by atoms with Crippen molar-refractivity contribution < 1.29 is 13.6 Å². The van der Waals surface area contributed by atoms with Gasteiger partial charge in [-0.05, 0) is 0 Å². The van der Waals surface area contributed by atoms with Crippen LogP contribution in [0.2, 0.25) is 0 Å². The smallest absolute Gasteiger partial charge is 0.373 e. The first-order valence-electron chi connectivity index (χ1n) is 3.90. The summed E-state index contributed by atoms with van der Waals surface area (Å²) >= 11 is 0. The molecule has 0 saturated carbocycles. The number of rotatable bonds is 7. The normalized spacial score (nSPS) is 8.71. The summed E-state index contributed by atoms with van der Waals surface area (Å²) in [5, 5.41) is 0. The van der Waals surface area contributed by atoms with Crippen LogP contribution in [0, 0.1) is 37.2 Å². The first-order chi connectivity index (χ1) is 6.85. The Kier molecular flexibility index (Phi) is 9.09. The van der Waals surface area contributed by atoms with Crippen LogP contribution in [0.3, 0.4) is 0 Å². The molecule has 0 fully saturated rings. The lowest BCUT2D eigenvalue weighted by Crippen LogP contribution is -1.95. The van der Waals surface area contributed by atoms with Gasteiger partial charge in [-0.3, -0.25) is 0 Å². The highest BCUT2D eigenvalue weighted by Crippen LogP contribution is 2.39. The zero-order valence-electron chi connectivity index (χ0n) is 7.73. The molecule has 0 radical (unpaired) electrons. The summed E-state index contributed by atoms with van der Waals surface area (Å²) in [5.74, 6) is 4.85. The summed E-state index contributed by atoms with van der Waals surface area (Å²) in [6.45, 7) is 0.722. The first-order valence-corrected chi connectivity index (χ1v) is 5.00. The Balaban J connectivity index is 3.63. The van der Waals surface area contributed by atoms with Crippen LogP contribution in [-0.2, 0) is 13.6 Å². The van der Waals surface area contributed by atoms with E-state index in [9.17, 15) is 0 Å². The van der Waals surface area contributed by atoms with E-state index in [1.807, 2.05) is 6.11 Å². The molecule has 0 aliphatic rings. The minimum atomic E-state index is -1.51. The average molecular weight is 210 g/mol. The Morgan fingerprint density at radius 3 is 1.79 bits per heavy atom. The number of terminal acetylenes is 3. The third-order valence-electron chi connectivity index (χ3n) is 1.01. The Labute approximate surface area is 86.1 Å². The minimum absolute atomic E-state index is 0.361. The summed E-state index contributed by atoms with van der Waals surface area (Å²) in [4.78, 5) is 0. The number of hydrogen-bond donors (Lipinski definition) is 0. The van der Waals surface area contributed by atoms with Crippen LogP contribution in [0.15, 0.2) is 0 Å². The molecular formula is C10H11O3P. The van der Waals surface area contributed by atoms with Gasteiger partial charge in [0.05, 0.1) is 13.2 Å². The van der Waals surface area contributed by atoms with Gasteiger partial charge < -0.3 is 13.6 Å². The van der Waals surface area contributed by atoms with Gasteiger partial charge in [-0.15, -0.1) is 24.7 Å². The summed E-state index contributed by atoms with van der Waals surface area (Å²) < 4.78 is 15.0. The fourth-order valence-electron chi connectivity index (χ4n) is 0.491. The van der Waals surface area contributed by atoms with E-state index in [1.165, 1.54) is 0 Å². The van der Waals surface area contributed by atoms with E-state index < -0.39 is 8.60 Å². The van der Waals surface area contributed by atoms with Gasteiger partial charge in [0.2, 0.25) is 0 Å². The summed E-state index contributed by atoms with van der Waals surface area (Å²) in [5.41, 5.74) is 0. The molecule has 0 bridgehead atoms. The fraction of sp³-hybridized carbons (Fsp3) is 0.400. The van der Waals surface area contributed by atoms with Crippen molar-refractivity contribution in [3.8, 4) is 37.2 Å². The molecule has 14 heavy (non-hydrogen) atoms. The van der Waals surface area contributed by atoms with Crippen molar-refractivity contribution in [2.75, 3.05) is 13.2 Å². The zero-order chi connectivity index (χ0) is 10.6. The average Bonchev–Trinajstić information content (AvgIpc) is 2.18. The largest absolute Gasteiger partial charge is 0.406 e. The standard InChI is InChI=1S/C10H11O3P/c1-4-7-9-12-14(11-6-3)13-10-8-5-2/h1-3H,7-10H2. The molecule has 0 saturated heterocycles. The molecule has 0 heterocycles. The van der Waals surface area contributed by atoms with E-state index in [2.05, 4.69) is 11.8 Å². The zero-order valence-corrected chi connectivity index (χ0v) is 8.63. The molecule has 0 aromatic heterocycles. The second-order valence-electron chi connectivity index (χ2n) is 2.01. The third kappa shape index (κ3) is 7.48. The van der Waals surface area contributed by atoms with Crippen molar-refractivity contribution in [3.05, 3.63) is 0 Å². The molecule has 0 aromatic carbocycles. The van der Waals surface area contributed by atoms with Gasteiger partial charge in [-0.1, -0.05) is 6.42 Å². The van der Waals surface area contributed by atoms with E-state index >= 15 is 0 Å². The van der Waals surface area contributed by atoms with Crippen molar-refractivity contribution in [1.82, 2.24) is 0 Å². The molecule has 0 atom stereocenters. The molecule has 3 nitrogen and oxygen atoms in total. The van der Waals surface area contributed by atoms with Gasteiger partial charge in [0.15, 0.2) is 0 Å². The SMILES string of the molecule is C#CCCOP(OC#C)OCCC#C. The van der Waals surface area contributed by atoms with Crippen LogP contribution in [0.4, 0.5) is 0 Å². The molecular weight excluding hydrogens is 199 g/mol. The van der Waals surface area contributed by atoms with Gasteiger partial charge in [0.25, 0.3) is 0 Å². The van der Waals surface area contributed by atoms with Crippen LogP contribution < -0.4 is 0 Å². The van der Waals surface area contributed by atoms with E-state index in [0.29, 0.717) is 26.1 Å². The van der Waals surface area contributed by atoms with Crippen LogP contribution in [0.25, 0.3) is 0 Å². The van der Waals surface area contributed by atoms with Gasteiger partial charge >= 0.3 is 8.60 Å². The quantitative estimate of drug-likeness (QED) is 0.365. The highest BCUT2D eigenvalue weighted by atomic mass is 31.2. The summed E-state index contributed by atoms with van der Waals surface area (Å²) in [6.07, 6.45) is 18.0. The Hall–Kier alpha value is -1.17. The lowest BCUT2D eigenvalue weighted by molar-refractivity contribution is 0.204. The molecule has 0 rings (SSSR count). The highest BCUT2D eigenvalue weighted by molar-refractivity contribution is 7.41. The van der Waals surface area contributed by atoms with Crippen molar-refractivity contribution in [3.63, 3.8) is 0 Å². The molecule has 0 aliphatic heterocycles. The molecule has 0 amide bonds. The molecule has 0 spiro atoms. The maximum absolute atomic E-state index is 5.14. The van der Waals surface area contributed by atoms with Crippen molar-refractivity contribution in [1.29, 1.82) is 0 Å². The molecule has 0 aliphatic carbocycles. The van der Waals surface area contributed by atoms with Gasteiger partial charge in [-0.2, -0.15) is 0 Å². The lowest BCUT2D eigenvalue weighted by Gasteiger charge is -2.11. The van der Waals surface area contributed by atoms with Crippen LogP contribution in [0.5, 0.6) is 0 Å². The van der Waals surface area contributed by atoms with E-state index in [1.54, 1.807) is 0 Å². The minimum Gasteiger partial charge on any atom is -0.373 e. The second kappa shape index (κ2) is 9.91. The van der Waals surface area contributed by atoms with E-state index in [-0.39, 0.29) is 0 Å². The van der Waals surface area contributed by atoms with Crippen LogP contribution in [0.1, 0.15) is 12.8 Å².